The Balaban J connectivity index is 2.48. The minimum Gasteiger partial charge on any atom is -0.481 e. The van der Waals surface area contributed by atoms with E-state index in [-0.39, 0.29) is 30.5 Å². The number of rotatable bonds is 12. The largest absolute Gasteiger partial charge is 0.481 e. The Labute approximate surface area is 150 Å². The van der Waals surface area contributed by atoms with Crippen molar-refractivity contribution in [1.82, 2.24) is 0 Å². The monoisotopic (exact) mass is 352 g/mol. The van der Waals surface area contributed by atoms with Crippen molar-refractivity contribution >= 4 is 11.8 Å². The molecular weight excluding hydrogens is 320 g/mol. The van der Waals surface area contributed by atoms with E-state index in [9.17, 15) is 19.8 Å². The van der Waals surface area contributed by atoms with Gasteiger partial charge in [-0.2, -0.15) is 0 Å². The summed E-state index contributed by atoms with van der Waals surface area (Å²) >= 11 is 0. The molecule has 0 radical (unpaired) electrons. The Morgan fingerprint density at radius 3 is 2.72 bits per heavy atom. The summed E-state index contributed by atoms with van der Waals surface area (Å²) in [6, 6.07) is 0. The average molecular weight is 352 g/mol. The number of Topliss-reactive ketones (excluding diaryl/α,β-unsaturated/α-hetero) is 1. The molecule has 1 saturated carbocycles. The fourth-order valence-corrected chi connectivity index (χ4v) is 3.22. The number of hydrogen-bond donors (Lipinski definition) is 3. The zero-order valence-corrected chi connectivity index (χ0v) is 15.1. The van der Waals surface area contributed by atoms with E-state index in [0.717, 1.165) is 19.3 Å². The van der Waals surface area contributed by atoms with Crippen molar-refractivity contribution in [3.63, 3.8) is 0 Å². The van der Waals surface area contributed by atoms with Crippen LogP contribution in [0.5, 0.6) is 0 Å². The van der Waals surface area contributed by atoms with Crippen LogP contribution in [0, 0.1) is 11.8 Å². The zero-order chi connectivity index (χ0) is 18.7. The van der Waals surface area contributed by atoms with Gasteiger partial charge >= 0.3 is 5.97 Å². The van der Waals surface area contributed by atoms with Crippen LogP contribution in [0.3, 0.4) is 0 Å². The summed E-state index contributed by atoms with van der Waals surface area (Å²) in [7, 11) is 0. The summed E-state index contributed by atoms with van der Waals surface area (Å²) in [4.78, 5) is 22.5. The van der Waals surface area contributed by atoms with E-state index in [2.05, 4.69) is 6.92 Å². The molecule has 0 aromatic heterocycles. The number of hydrogen-bond acceptors (Lipinski definition) is 4. The molecule has 1 rings (SSSR count). The lowest BCUT2D eigenvalue weighted by Crippen LogP contribution is -2.18. The van der Waals surface area contributed by atoms with E-state index in [1.54, 1.807) is 12.2 Å². The van der Waals surface area contributed by atoms with Gasteiger partial charge in [-0.15, -0.1) is 0 Å². The van der Waals surface area contributed by atoms with Crippen LogP contribution >= 0.6 is 0 Å². The van der Waals surface area contributed by atoms with E-state index in [1.807, 2.05) is 12.2 Å². The first-order chi connectivity index (χ1) is 12.0. The normalized spacial score (nSPS) is 25.2. The molecule has 0 aliphatic heterocycles. The Morgan fingerprint density at radius 1 is 1.28 bits per heavy atom. The predicted molar refractivity (Wildman–Crippen MR) is 97.1 cm³/mol. The summed E-state index contributed by atoms with van der Waals surface area (Å²) in [6.07, 6.45) is 12.1. The van der Waals surface area contributed by atoms with E-state index < -0.39 is 18.2 Å². The molecule has 0 aromatic rings. The molecule has 0 saturated heterocycles. The highest BCUT2D eigenvalue weighted by Gasteiger charge is 2.39. The van der Waals surface area contributed by atoms with Crippen LogP contribution in [0.1, 0.15) is 64.7 Å². The van der Waals surface area contributed by atoms with Gasteiger partial charge in [-0.1, -0.05) is 50.5 Å². The van der Waals surface area contributed by atoms with Crippen molar-refractivity contribution in [1.29, 1.82) is 0 Å². The highest BCUT2D eigenvalue weighted by molar-refractivity contribution is 5.84. The number of aliphatic hydroxyl groups excluding tert-OH is 2. The summed E-state index contributed by atoms with van der Waals surface area (Å²) in [5.74, 6) is -1.26. The number of aliphatic hydroxyl groups is 2. The summed E-state index contributed by atoms with van der Waals surface area (Å²) in [6.45, 7) is 2.11. The van der Waals surface area contributed by atoms with Crippen molar-refractivity contribution < 1.29 is 24.9 Å². The Bertz CT molecular complexity index is 469. The predicted octanol–water partition coefficient (Wildman–Crippen LogP) is 3.25. The molecule has 142 valence electrons. The van der Waals surface area contributed by atoms with Gasteiger partial charge in [0.25, 0.3) is 0 Å². The maximum atomic E-state index is 12.1. The molecule has 0 bridgehead atoms. The number of carbonyl (C=O) groups is 2. The van der Waals surface area contributed by atoms with Gasteiger partial charge in [0.1, 0.15) is 5.78 Å². The third-order valence-electron chi connectivity index (χ3n) is 4.71. The molecule has 1 aliphatic carbocycles. The fourth-order valence-electron chi connectivity index (χ4n) is 3.22. The first-order valence-corrected chi connectivity index (χ1v) is 9.39. The third-order valence-corrected chi connectivity index (χ3v) is 4.71. The van der Waals surface area contributed by atoms with Crippen LogP contribution in [0.25, 0.3) is 0 Å². The van der Waals surface area contributed by atoms with Gasteiger partial charge in [0.2, 0.25) is 0 Å². The second-order valence-corrected chi connectivity index (χ2v) is 6.86. The lowest BCUT2D eigenvalue weighted by Gasteiger charge is -2.16. The van der Waals surface area contributed by atoms with Crippen LogP contribution in [-0.4, -0.2) is 39.3 Å². The molecule has 0 spiro atoms. The van der Waals surface area contributed by atoms with Crippen molar-refractivity contribution in [2.24, 2.45) is 11.8 Å². The molecule has 0 aromatic carbocycles. The molecule has 1 fully saturated rings. The van der Waals surface area contributed by atoms with Gasteiger partial charge in [-0.05, 0) is 25.7 Å². The number of carboxylic acids is 1. The quantitative estimate of drug-likeness (QED) is 0.370. The zero-order valence-electron chi connectivity index (χ0n) is 15.1. The molecule has 4 atom stereocenters. The van der Waals surface area contributed by atoms with Crippen LogP contribution in [0.2, 0.25) is 0 Å². The first-order valence-electron chi connectivity index (χ1n) is 9.39. The Morgan fingerprint density at radius 2 is 2.04 bits per heavy atom. The van der Waals surface area contributed by atoms with Crippen molar-refractivity contribution in [2.45, 2.75) is 76.9 Å². The molecule has 5 heteroatoms. The lowest BCUT2D eigenvalue weighted by molar-refractivity contribution is -0.137. The number of ketones is 1. The molecule has 1 aliphatic rings. The standard InChI is InChI=1S/C20H32O5/c1-2-3-6-9-15(21)12-13-17-16(18(22)14-19(17)23)10-7-4-5-8-11-20(24)25/h4,7,12-13,15-17,19,21,23H,2-3,5-6,8-11,14H2,1H3,(H,24,25)/b7-4+,13-12+/t15-,16+,17?,19+/m0/s1. The highest BCUT2D eigenvalue weighted by Crippen LogP contribution is 2.33. The maximum Gasteiger partial charge on any atom is 0.303 e. The Hall–Kier alpha value is -1.46. The van der Waals surface area contributed by atoms with E-state index >= 15 is 0 Å². The SMILES string of the molecule is CCCCC[C@H](O)/C=C/C1[C@H](O)CC(=O)[C@@H]1C/C=C/CCCC(=O)O. The average Bonchev–Trinajstić information content (AvgIpc) is 2.82. The van der Waals surface area contributed by atoms with Crippen LogP contribution in [-0.2, 0) is 9.59 Å². The van der Waals surface area contributed by atoms with Crippen LogP contribution < -0.4 is 0 Å². The van der Waals surface area contributed by atoms with Crippen molar-refractivity contribution in [3.05, 3.63) is 24.3 Å². The Kier molecular flexibility index (Phi) is 10.3. The van der Waals surface area contributed by atoms with E-state index in [0.29, 0.717) is 25.7 Å². The van der Waals surface area contributed by atoms with E-state index in [1.165, 1.54) is 0 Å². The molecule has 3 N–H and O–H groups in total. The third kappa shape index (κ3) is 8.45. The minimum atomic E-state index is -0.801. The van der Waals surface area contributed by atoms with Crippen molar-refractivity contribution in [3.8, 4) is 0 Å². The van der Waals surface area contributed by atoms with Crippen LogP contribution in [0.4, 0.5) is 0 Å². The maximum absolute atomic E-state index is 12.1. The van der Waals surface area contributed by atoms with Crippen molar-refractivity contribution in [2.75, 3.05) is 0 Å². The summed E-state index contributed by atoms with van der Waals surface area (Å²) in [5, 5.41) is 28.7. The molecular formula is C20H32O5. The number of carboxylic acid groups (broad SMARTS) is 1. The topological polar surface area (TPSA) is 94.8 Å². The molecule has 0 heterocycles. The fraction of sp³-hybridized carbons (Fsp3) is 0.700. The van der Waals surface area contributed by atoms with E-state index in [4.69, 9.17) is 5.11 Å². The van der Waals surface area contributed by atoms with Gasteiger partial charge in [-0.25, -0.2) is 0 Å². The molecule has 25 heavy (non-hydrogen) atoms. The van der Waals surface area contributed by atoms with Gasteiger partial charge < -0.3 is 15.3 Å². The second kappa shape index (κ2) is 12.0. The number of unbranched alkanes of at least 4 members (excludes halogenated alkanes) is 3. The second-order valence-electron chi connectivity index (χ2n) is 6.86. The van der Waals surface area contributed by atoms with Gasteiger partial charge in [0.05, 0.1) is 12.2 Å². The minimum absolute atomic E-state index is 0.0535. The summed E-state index contributed by atoms with van der Waals surface area (Å²) < 4.78 is 0. The van der Waals surface area contributed by atoms with Crippen LogP contribution in [0.15, 0.2) is 24.3 Å². The molecule has 1 unspecified atom stereocenters. The van der Waals surface area contributed by atoms with Gasteiger partial charge in [0, 0.05) is 24.7 Å². The molecule has 5 nitrogen and oxygen atoms in total. The summed E-state index contributed by atoms with van der Waals surface area (Å²) in [5.41, 5.74) is 0. The number of allylic oxidation sites excluding steroid dienone is 2. The number of aliphatic carboxylic acids is 1. The highest BCUT2D eigenvalue weighted by atomic mass is 16.4. The molecule has 0 amide bonds. The number of carbonyl (C=O) groups excluding carboxylic acids is 1. The lowest BCUT2D eigenvalue weighted by atomic mass is 9.90. The van der Waals surface area contributed by atoms with Gasteiger partial charge in [-0.3, -0.25) is 9.59 Å². The van der Waals surface area contributed by atoms with Gasteiger partial charge in [0.15, 0.2) is 0 Å². The first kappa shape index (κ1) is 21.6. The smallest absolute Gasteiger partial charge is 0.303 e.